The first kappa shape index (κ1) is 11.8. The molecule has 0 nitrogen and oxygen atoms in total. The van der Waals surface area contributed by atoms with Crippen LogP contribution in [0.5, 0.6) is 0 Å². The molecule has 0 aromatic carbocycles. The van der Waals surface area contributed by atoms with Crippen molar-refractivity contribution in [1.29, 1.82) is 0 Å². The van der Waals surface area contributed by atoms with E-state index in [9.17, 15) is 0 Å². The van der Waals surface area contributed by atoms with Crippen molar-refractivity contribution in [1.82, 2.24) is 0 Å². The van der Waals surface area contributed by atoms with Crippen LogP contribution in [0.2, 0.25) is 0 Å². The van der Waals surface area contributed by atoms with Gasteiger partial charge in [-0.1, -0.05) is 44.8 Å². The molecule has 0 aliphatic heterocycles. The normalized spacial score (nSPS) is 24.6. The highest BCUT2D eigenvalue weighted by Crippen LogP contribution is 2.28. The van der Waals surface area contributed by atoms with E-state index in [1.165, 1.54) is 57.8 Å². The second-order valence-corrected chi connectivity index (χ2v) is 4.63. The Balaban J connectivity index is 2.51. The second-order valence-electron chi connectivity index (χ2n) is 4.63. The Labute approximate surface area is 89.8 Å². The van der Waals surface area contributed by atoms with Gasteiger partial charge in [-0.2, -0.15) is 0 Å². The van der Waals surface area contributed by atoms with Crippen LogP contribution in [-0.2, 0) is 0 Å². The number of hydrogen-bond acceptors (Lipinski definition) is 0. The third-order valence-electron chi connectivity index (χ3n) is 3.48. The molecule has 0 saturated carbocycles. The summed E-state index contributed by atoms with van der Waals surface area (Å²) in [6, 6.07) is 0. The molecule has 14 heavy (non-hydrogen) atoms. The molecular weight excluding hydrogens is 168 g/mol. The summed E-state index contributed by atoms with van der Waals surface area (Å²) in [7, 11) is 0. The lowest BCUT2D eigenvalue weighted by molar-refractivity contribution is 0.494. The summed E-state index contributed by atoms with van der Waals surface area (Å²) in [5.74, 6) is 0.901. The van der Waals surface area contributed by atoms with Crippen LogP contribution in [-0.4, -0.2) is 0 Å². The van der Waals surface area contributed by atoms with Crippen LogP contribution in [0.15, 0.2) is 11.6 Å². The molecule has 0 radical (unpaired) electrons. The van der Waals surface area contributed by atoms with Crippen LogP contribution in [0, 0.1) is 5.92 Å². The average Bonchev–Trinajstić information content (AvgIpc) is 2.15. The van der Waals surface area contributed by atoms with Crippen LogP contribution in [0.3, 0.4) is 0 Å². The fourth-order valence-electron chi connectivity index (χ4n) is 2.59. The van der Waals surface area contributed by atoms with Gasteiger partial charge in [0.2, 0.25) is 0 Å². The Morgan fingerprint density at radius 1 is 1.14 bits per heavy atom. The molecule has 0 amide bonds. The zero-order valence-corrected chi connectivity index (χ0v) is 10.0. The SMILES string of the molecule is CCCC(CC)/C1=C/CCCCCC1. The van der Waals surface area contributed by atoms with Gasteiger partial charge >= 0.3 is 0 Å². The maximum absolute atomic E-state index is 2.56. The summed E-state index contributed by atoms with van der Waals surface area (Å²) in [4.78, 5) is 0. The Kier molecular flexibility index (Phi) is 5.98. The molecule has 0 heteroatoms. The van der Waals surface area contributed by atoms with Gasteiger partial charge in [0.25, 0.3) is 0 Å². The molecule has 1 rings (SSSR count). The van der Waals surface area contributed by atoms with Crippen LogP contribution in [0.25, 0.3) is 0 Å². The number of hydrogen-bond donors (Lipinski definition) is 0. The minimum atomic E-state index is 0.901. The molecular formula is C14H26. The van der Waals surface area contributed by atoms with Crippen LogP contribution >= 0.6 is 0 Å². The number of allylic oxidation sites excluding steroid dienone is 2. The zero-order valence-electron chi connectivity index (χ0n) is 10.0. The molecule has 0 fully saturated rings. The van der Waals surface area contributed by atoms with Gasteiger partial charge in [-0.15, -0.1) is 0 Å². The topological polar surface area (TPSA) is 0 Å². The van der Waals surface area contributed by atoms with Crippen molar-refractivity contribution in [2.24, 2.45) is 5.92 Å². The third-order valence-corrected chi connectivity index (χ3v) is 3.48. The zero-order chi connectivity index (χ0) is 10.2. The Morgan fingerprint density at radius 2 is 1.93 bits per heavy atom. The van der Waals surface area contributed by atoms with E-state index >= 15 is 0 Å². The van der Waals surface area contributed by atoms with Crippen molar-refractivity contribution in [3.05, 3.63) is 11.6 Å². The van der Waals surface area contributed by atoms with Crippen LogP contribution in [0.1, 0.15) is 71.6 Å². The molecule has 0 N–H and O–H groups in total. The molecule has 1 aliphatic rings. The smallest absolute Gasteiger partial charge is 0.0206 e. The highest BCUT2D eigenvalue weighted by Gasteiger charge is 2.11. The molecule has 0 heterocycles. The van der Waals surface area contributed by atoms with Gasteiger partial charge in [-0.3, -0.25) is 0 Å². The lowest BCUT2D eigenvalue weighted by Crippen LogP contribution is -2.04. The van der Waals surface area contributed by atoms with E-state index in [-0.39, 0.29) is 0 Å². The van der Waals surface area contributed by atoms with Gasteiger partial charge in [-0.25, -0.2) is 0 Å². The Hall–Kier alpha value is -0.260. The first-order chi connectivity index (χ1) is 6.88. The Morgan fingerprint density at radius 3 is 2.64 bits per heavy atom. The van der Waals surface area contributed by atoms with Gasteiger partial charge in [0, 0.05) is 0 Å². The van der Waals surface area contributed by atoms with Gasteiger partial charge in [0.05, 0.1) is 0 Å². The minimum absolute atomic E-state index is 0.901. The van der Waals surface area contributed by atoms with Crippen molar-refractivity contribution < 1.29 is 0 Å². The van der Waals surface area contributed by atoms with E-state index < -0.39 is 0 Å². The summed E-state index contributed by atoms with van der Waals surface area (Å²) < 4.78 is 0. The first-order valence-corrected chi connectivity index (χ1v) is 6.57. The largest absolute Gasteiger partial charge is 0.0851 e. The Bertz CT molecular complexity index is 167. The molecule has 0 saturated heterocycles. The maximum atomic E-state index is 2.56. The maximum Gasteiger partial charge on any atom is -0.0206 e. The average molecular weight is 194 g/mol. The summed E-state index contributed by atoms with van der Waals surface area (Å²) in [5.41, 5.74) is 1.79. The lowest BCUT2D eigenvalue weighted by Gasteiger charge is -2.20. The second kappa shape index (κ2) is 7.09. The van der Waals surface area contributed by atoms with E-state index in [1.807, 2.05) is 0 Å². The minimum Gasteiger partial charge on any atom is -0.0851 e. The predicted octanol–water partition coefficient (Wildman–Crippen LogP) is 5.09. The van der Waals surface area contributed by atoms with Crippen molar-refractivity contribution in [2.45, 2.75) is 71.6 Å². The summed E-state index contributed by atoms with van der Waals surface area (Å²) in [5, 5.41) is 0. The van der Waals surface area contributed by atoms with E-state index in [4.69, 9.17) is 0 Å². The number of rotatable bonds is 4. The molecule has 0 bridgehead atoms. The van der Waals surface area contributed by atoms with Gasteiger partial charge in [-0.05, 0) is 44.4 Å². The highest BCUT2D eigenvalue weighted by molar-refractivity contribution is 5.07. The molecule has 0 spiro atoms. The van der Waals surface area contributed by atoms with Crippen molar-refractivity contribution in [2.75, 3.05) is 0 Å². The molecule has 1 atom stereocenters. The van der Waals surface area contributed by atoms with E-state index in [0.717, 1.165) is 5.92 Å². The standard InChI is InChI=1S/C14H26/c1-3-10-13(4-2)14-11-8-6-5-7-9-12-14/h11,13H,3-10,12H2,1-2H3/b14-11+. The lowest BCUT2D eigenvalue weighted by atomic mass is 9.86. The van der Waals surface area contributed by atoms with Crippen molar-refractivity contribution in [3.63, 3.8) is 0 Å². The van der Waals surface area contributed by atoms with Gasteiger partial charge in [0.15, 0.2) is 0 Å². The molecule has 1 aliphatic carbocycles. The van der Waals surface area contributed by atoms with E-state index in [0.29, 0.717) is 0 Å². The van der Waals surface area contributed by atoms with Crippen LogP contribution in [0.4, 0.5) is 0 Å². The van der Waals surface area contributed by atoms with E-state index in [1.54, 1.807) is 5.57 Å². The van der Waals surface area contributed by atoms with Gasteiger partial charge in [0.1, 0.15) is 0 Å². The highest BCUT2D eigenvalue weighted by atomic mass is 14.2. The van der Waals surface area contributed by atoms with Crippen molar-refractivity contribution in [3.8, 4) is 0 Å². The molecule has 82 valence electrons. The quantitative estimate of drug-likeness (QED) is 0.547. The van der Waals surface area contributed by atoms with Crippen LogP contribution < -0.4 is 0 Å². The molecule has 0 aromatic heterocycles. The fraction of sp³-hybridized carbons (Fsp3) is 0.857. The van der Waals surface area contributed by atoms with Crippen molar-refractivity contribution >= 4 is 0 Å². The molecule has 1 unspecified atom stereocenters. The third kappa shape index (κ3) is 3.86. The summed E-state index contributed by atoms with van der Waals surface area (Å²) in [6.45, 7) is 4.66. The monoisotopic (exact) mass is 194 g/mol. The van der Waals surface area contributed by atoms with E-state index in [2.05, 4.69) is 19.9 Å². The molecule has 0 aromatic rings. The first-order valence-electron chi connectivity index (χ1n) is 6.57. The summed E-state index contributed by atoms with van der Waals surface area (Å²) >= 11 is 0. The predicted molar refractivity (Wildman–Crippen MR) is 64.5 cm³/mol. The van der Waals surface area contributed by atoms with Gasteiger partial charge < -0.3 is 0 Å². The fourth-order valence-corrected chi connectivity index (χ4v) is 2.59. The summed E-state index contributed by atoms with van der Waals surface area (Å²) in [6.07, 6.45) is 15.2.